The van der Waals surface area contributed by atoms with Crippen molar-refractivity contribution in [3.8, 4) is 5.75 Å². The summed E-state index contributed by atoms with van der Waals surface area (Å²) in [4.78, 5) is 14.5. The zero-order valence-corrected chi connectivity index (χ0v) is 10.7. The lowest BCUT2D eigenvalue weighted by Crippen LogP contribution is -2.12. The lowest BCUT2D eigenvalue weighted by atomic mass is 10.2. The molecule has 1 heterocycles. The average molecular weight is 283 g/mol. The van der Waals surface area contributed by atoms with E-state index < -0.39 is 5.82 Å². The molecule has 0 amide bonds. The number of nitrogens with one attached hydrogen (secondary N) is 1. The van der Waals surface area contributed by atoms with E-state index >= 15 is 0 Å². The highest BCUT2D eigenvalue weighted by Crippen LogP contribution is 2.20. The van der Waals surface area contributed by atoms with Crippen molar-refractivity contribution in [2.45, 2.75) is 13.2 Å². The van der Waals surface area contributed by atoms with Crippen molar-refractivity contribution in [3.05, 3.63) is 62.8 Å². The molecule has 19 heavy (non-hydrogen) atoms. The fourth-order valence-corrected chi connectivity index (χ4v) is 1.77. The molecule has 1 aromatic heterocycles. The summed E-state index contributed by atoms with van der Waals surface area (Å²) in [6.07, 6.45) is 1.40. The molecule has 100 valence electrons. The number of aromatic nitrogens is 1. The zero-order chi connectivity index (χ0) is 13.8. The summed E-state index contributed by atoms with van der Waals surface area (Å²) in [6, 6.07) is 5.69. The molecule has 0 aliphatic carbocycles. The summed E-state index contributed by atoms with van der Waals surface area (Å²) in [5.74, 6) is -0.376. The van der Waals surface area contributed by atoms with Gasteiger partial charge in [0.25, 0.3) is 0 Å². The number of H-pyrrole nitrogens is 1. The minimum Gasteiger partial charge on any atom is -0.483 e. The quantitative estimate of drug-likeness (QED) is 0.903. The summed E-state index contributed by atoms with van der Waals surface area (Å²) in [6.45, 7) is 0.116. The summed E-state index contributed by atoms with van der Waals surface area (Å²) >= 11 is 5.86. The van der Waals surface area contributed by atoms with E-state index in [1.165, 1.54) is 24.4 Å². The van der Waals surface area contributed by atoms with Crippen LogP contribution in [0.25, 0.3) is 0 Å². The van der Waals surface area contributed by atoms with Gasteiger partial charge < -0.3 is 15.5 Å². The number of ether oxygens (including phenoxy) is 1. The molecule has 0 aliphatic rings. The molecule has 0 saturated carbocycles. The molecule has 0 atom stereocenters. The first-order valence-electron chi connectivity index (χ1n) is 5.59. The van der Waals surface area contributed by atoms with E-state index in [0.717, 1.165) is 0 Å². The van der Waals surface area contributed by atoms with E-state index in [-0.39, 0.29) is 34.9 Å². The van der Waals surface area contributed by atoms with Crippen molar-refractivity contribution in [1.82, 2.24) is 4.98 Å². The number of rotatable bonds is 4. The first kappa shape index (κ1) is 13.6. The van der Waals surface area contributed by atoms with E-state index in [0.29, 0.717) is 5.69 Å². The van der Waals surface area contributed by atoms with Crippen LogP contribution in [-0.4, -0.2) is 4.98 Å². The Morgan fingerprint density at radius 2 is 2.21 bits per heavy atom. The molecule has 0 saturated heterocycles. The number of hydrogen-bond donors (Lipinski definition) is 2. The molecule has 0 bridgehead atoms. The van der Waals surface area contributed by atoms with Gasteiger partial charge in [0, 0.05) is 30.1 Å². The fraction of sp³-hybridized carbons (Fsp3) is 0.154. The SMILES string of the molecule is NCc1cc(=O)c(OCc2c(F)cccc2Cl)c[nH]1. The Morgan fingerprint density at radius 3 is 2.84 bits per heavy atom. The van der Waals surface area contributed by atoms with Crippen molar-refractivity contribution < 1.29 is 9.13 Å². The molecule has 0 aliphatic heterocycles. The van der Waals surface area contributed by atoms with Crippen LogP contribution in [0.15, 0.2) is 35.3 Å². The highest BCUT2D eigenvalue weighted by molar-refractivity contribution is 6.31. The first-order chi connectivity index (χ1) is 9.11. The van der Waals surface area contributed by atoms with Crippen molar-refractivity contribution in [3.63, 3.8) is 0 Å². The average Bonchev–Trinajstić information content (AvgIpc) is 2.39. The molecule has 2 rings (SSSR count). The monoisotopic (exact) mass is 282 g/mol. The smallest absolute Gasteiger partial charge is 0.223 e. The van der Waals surface area contributed by atoms with Gasteiger partial charge in [-0.2, -0.15) is 0 Å². The van der Waals surface area contributed by atoms with Crippen LogP contribution in [0, 0.1) is 5.82 Å². The highest BCUT2D eigenvalue weighted by Gasteiger charge is 2.09. The van der Waals surface area contributed by atoms with Crippen LogP contribution in [0.1, 0.15) is 11.3 Å². The van der Waals surface area contributed by atoms with Gasteiger partial charge in [-0.15, -0.1) is 0 Å². The lowest BCUT2D eigenvalue weighted by molar-refractivity contribution is 0.296. The van der Waals surface area contributed by atoms with Gasteiger partial charge in [-0.3, -0.25) is 4.79 Å². The van der Waals surface area contributed by atoms with Gasteiger partial charge in [0.05, 0.1) is 5.02 Å². The van der Waals surface area contributed by atoms with E-state index in [1.807, 2.05) is 0 Å². The maximum absolute atomic E-state index is 13.5. The third-order valence-corrected chi connectivity index (χ3v) is 2.94. The molecule has 3 N–H and O–H groups in total. The number of nitrogens with two attached hydrogens (primary N) is 1. The second-order valence-electron chi connectivity index (χ2n) is 3.88. The molecule has 2 aromatic rings. The van der Waals surface area contributed by atoms with Crippen LogP contribution >= 0.6 is 11.6 Å². The lowest BCUT2D eigenvalue weighted by Gasteiger charge is -2.08. The Labute approximate surface area is 114 Å². The molecule has 0 unspecified atom stereocenters. The summed E-state index contributed by atoms with van der Waals surface area (Å²) in [5.41, 5.74) is 5.89. The number of benzene rings is 1. The standard InChI is InChI=1S/C13H12ClFN2O2/c14-10-2-1-3-11(15)9(10)7-19-13-6-17-8(5-16)4-12(13)18/h1-4,6H,5,7,16H2,(H,17,18). The largest absolute Gasteiger partial charge is 0.483 e. The van der Waals surface area contributed by atoms with Crippen LogP contribution in [0.5, 0.6) is 5.75 Å². The van der Waals surface area contributed by atoms with Crippen molar-refractivity contribution >= 4 is 11.6 Å². The molecular weight excluding hydrogens is 271 g/mol. The normalized spacial score (nSPS) is 10.5. The molecule has 0 fully saturated rings. The maximum atomic E-state index is 13.5. The summed E-state index contributed by atoms with van der Waals surface area (Å²) < 4.78 is 18.8. The number of pyridine rings is 1. The van der Waals surface area contributed by atoms with Gasteiger partial charge in [0.2, 0.25) is 5.43 Å². The van der Waals surface area contributed by atoms with Gasteiger partial charge in [0.1, 0.15) is 12.4 Å². The topological polar surface area (TPSA) is 68.1 Å². The predicted molar refractivity (Wildman–Crippen MR) is 70.7 cm³/mol. The summed E-state index contributed by atoms with van der Waals surface area (Å²) in [5, 5.41) is 0.259. The van der Waals surface area contributed by atoms with Gasteiger partial charge >= 0.3 is 0 Å². The van der Waals surface area contributed by atoms with Gasteiger partial charge in [-0.1, -0.05) is 17.7 Å². The van der Waals surface area contributed by atoms with Gasteiger partial charge in [-0.05, 0) is 12.1 Å². The van der Waals surface area contributed by atoms with Gasteiger partial charge in [-0.25, -0.2) is 4.39 Å². The van der Waals surface area contributed by atoms with Crippen LogP contribution < -0.4 is 15.9 Å². The van der Waals surface area contributed by atoms with Gasteiger partial charge in [0.15, 0.2) is 5.75 Å². The number of halogens is 2. The minimum absolute atomic E-state index is 0.0940. The van der Waals surface area contributed by atoms with Crippen LogP contribution in [0.3, 0.4) is 0 Å². The predicted octanol–water partition coefficient (Wildman–Crippen LogP) is 2.21. The van der Waals surface area contributed by atoms with Crippen molar-refractivity contribution in [2.24, 2.45) is 5.73 Å². The maximum Gasteiger partial charge on any atom is 0.223 e. The van der Waals surface area contributed by atoms with E-state index in [4.69, 9.17) is 22.1 Å². The van der Waals surface area contributed by atoms with Crippen LogP contribution in [0.4, 0.5) is 4.39 Å². The third-order valence-electron chi connectivity index (χ3n) is 2.59. The second kappa shape index (κ2) is 5.86. The summed E-state index contributed by atoms with van der Waals surface area (Å²) in [7, 11) is 0. The Balaban J connectivity index is 2.17. The van der Waals surface area contributed by atoms with Crippen molar-refractivity contribution in [1.29, 1.82) is 0 Å². The third kappa shape index (κ3) is 3.13. The fourth-order valence-electron chi connectivity index (χ4n) is 1.55. The van der Waals surface area contributed by atoms with E-state index in [9.17, 15) is 9.18 Å². The first-order valence-corrected chi connectivity index (χ1v) is 5.97. The zero-order valence-electron chi connectivity index (χ0n) is 9.95. The Kier molecular flexibility index (Phi) is 4.19. The number of aromatic amines is 1. The van der Waals surface area contributed by atoms with Crippen molar-refractivity contribution in [2.75, 3.05) is 0 Å². The van der Waals surface area contributed by atoms with Crippen LogP contribution in [0.2, 0.25) is 5.02 Å². The Bertz CT molecular complexity index is 623. The van der Waals surface area contributed by atoms with Crippen LogP contribution in [-0.2, 0) is 13.2 Å². The molecule has 4 nitrogen and oxygen atoms in total. The number of hydrogen-bond acceptors (Lipinski definition) is 3. The van der Waals surface area contributed by atoms with E-state index in [2.05, 4.69) is 4.98 Å². The Morgan fingerprint density at radius 1 is 1.42 bits per heavy atom. The Hall–Kier alpha value is -1.85. The molecule has 1 aromatic carbocycles. The van der Waals surface area contributed by atoms with E-state index in [1.54, 1.807) is 6.07 Å². The molecule has 0 radical (unpaired) electrons. The molecular formula is C13H12ClFN2O2. The highest BCUT2D eigenvalue weighted by atomic mass is 35.5. The second-order valence-corrected chi connectivity index (χ2v) is 4.29. The molecule has 0 spiro atoms. The minimum atomic E-state index is -0.470. The molecule has 6 heteroatoms.